The van der Waals surface area contributed by atoms with Crippen LogP contribution in [0.4, 0.5) is 0 Å². The fourth-order valence-corrected chi connectivity index (χ4v) is 3.49. The van der Waals surface area contributed by atoms with Gasteiger partial charge in [0.1, 0.15) is 6.04 Å². The minimum Gasteiger partial charge on any atom is -0.468 e. The van der Waals surface area contributed by atoms with Crippen molar-refractivity contribution in [3.8, 4) is 0 Å². The van der Waals surface area contributed by atoms with Crippen molar-refractivity contribution in [2.45, 2.75) is 17.4 Å². The number of methoxy groups -OCH3 is 1. The number of carbonyl (C=O) groups is 1. The molecule has 1 atom stereocenters. The number of likely N-dealkylation sites (N-methyl/N-ethyl adjacent to an activating group) is 1. The zero-order valence-electron chi connectivity index (χ0n) is 9.58. The van der Waals surface area contributed by atoms with Crippen molar-refractivity contribution in [3.63, 3.8) is 0 Å². The molecule has 17 heavy (non-hydrogen) atoms. The molecule has 0 N–H and O–H groups in total. The van der Waals surface area contributed by atoms with Crippen LogP contribution < -0.4 is 0 Å². The molecule has 6 heteroatoms. The number of fused-ring (bicyclic) bond motifs is 1. The largest absolute Gasteiger partial charge is 0.468 e. The van der Waals surface area contributed by atoms with Crippen molar-refractivity contribution in [1.29, 1.82) is 0 Å². The standard InChI is InChI=1S/C11H13NO4S/c1-12-9(11(13)16-2)7-8-5-3-4-6-10(8)17(12,14)15/h3-6,9H,7H2,1-2H3. The summed E-state index contributed by atoms with van der Waals surface area (Å²) in [4.78, 5) is 11.8. The van der Waals surface area contributed by atoms with E-state index in [0.29, 0.717) is 12.0 Å². The number of sulfonamides is 1. The second-order valence-electron chi connectivity index (χ2n) is 3.87. The number of carbonyl (C=O) groups excluding carboxylic acids is 1. The lowest BCUT2D eigenvalue weighted by Crippen LogP contribution is -2.47. The van der Waals surface area contributed by atoms with E-state index in [1.807, 2.05) is 0 Å². The summed E-state index contributed by atoms with van der Waals surface area (Å²) >= 11 is 0. The van der Waals surface area contributed by atoms with E-state index in [0.717, 1.165) is 4.31 Å². The fourth-order valence-electron chi connectivity index (χ4n) is 1.95. The maximum absolute atomic E-state index is 12.2. The monoisotopic (exact) mass is 255 g/mol. The van der Waals surface area contributed by atoms with E-state index in [-0.39, 0.29) is 4.90 Å². The van der Waals surface area contributed by atoms with Crippen molar-refractivity contribution < 1.29 is 17.9 Å². The summed E-state index contributed by atoms with van der Waals surface area (Å²) in [6, 6.07) is 5.92. The van der Waals surface area contributed by atoms with Crippen LogP contribution in [0.5, 0.6) is 0 Å². The first-order valence-electron chi connectivity index (χ1n) is 5.12. The van der Waals surface area contributed by atoms with Crippen molar-refractivity contribution >= 4 is 16.0 Å². The van der Waals surface area contributed by atoms with Crippen LogP contribution in [0.25, 0.3) is 0 Å². The second-order valence-corrected chi connectivity index (χ2v) is 5.84. The highest BCUT2D eigenvalue weighted by atomic mass is 32.2. The zero-order chi connectivity index (χ0) is 12.6. The van der Waals surface area contributed by atoms with Gasteiger partial charge in [-0.1, -0.05) is 18.2 Å². The molecular weight excluding hydrogens is 242 g/mol. The van der Waals surface area contributed by atoms with Crippen molar-refractivity contribution in [2.75, 3.05) is 14.2 Å². The lowest BCUT2D eigenvalue weighted by atomic mass is 10.1. The van der Waals surface area contributed by atoms with E-state index in [2.05, 4.69) is 4.74 Å². The van der Waals surface area contributed by atoms with Gasteiger partial charge < -0.3 is 4.74 Å². The summed E-state index contributed by atoms with van der Waals surface area (Å²) in [5.41, 5.74) is 0.654. The van der Waals surface area contributed by atoms with Crippen LogP contribution in [0.3, 0.4) is 0 Å². The highest BCUT2D eigenvalue weighted by Gasteiger charge is 2.39. The van der Waals surface area contributed by atoms with E-state index in [1.165, 1.54) is 14.2 Å². The highest BCUT2D eigenvalue weighted by Crippen LogP contribution is 2.28. The number of nitrogens with zero attached hydrogens (tertiary/aromatic N) is 1. The third-order valence-corrected chi connectivity index (χ3v) is 4.92. The summed E-state index contributed by atoms with van der Waals surface area (Å²) in [6.07, 6.45) is 0.346. The molecular formula is C11H13NO4S. The van der Waals surface area contributed by atoms with Crippen LogP contribution in [0.2, 0.25) is 0 Å². The Morgan fingerprint density at radius 3 is 2.71 bits per heavy atom. The molecule has 2 rings (SSSR count). The van der Waals surface area contributed by atoms with E-state index in [1.54, 1.807) is 24.3 Å². The molecule has 5 nitrogen and oxygen atoms in total. The van der Waals surface area contributed by atoms with Gasteiger partial charge in [0.15, 0.2) is 0 Å². The smallest absolute Gasteiger partial charge is 0.324 e. The Kier molecular flexibility index (Phi) is 2.92. The van der Waals surface area contributed by atoms with Crippen LogP contribution in [-0.2, 0) is 26.0 Å². The van der Waals surface area contributed by atoms with Gasteiger partial charge in [-0.15, -0.1) is 0 Å². The molecule has 0 aliphatic carbocycles. The quantitative estimate of drug-likeness (QED) is 0.682. The fraction of sp³-hybridized carbons (Fsp3) is 0.364. The molecule has 0 radical (unpaired) electrons. The van der Waals surface area contributed by atoms with Gasteiger partial charge in [0, 0.05) is 13.5 Å². The Morgan fingerprint density at radius 2 is 2.06 bits per heavy atom. The van der Waals surface area contributed by atoms with E-state index in [9.17, 15) is 13.2 Å². The molecule has 0 saturated carbocycles. The first kappa shape index (κ1) is 12.1. The predicted octanol–water partition coefficient (Wildman–Crippen LogP) is 0.405. The van der Waals surface area contributed by atoms with Gasteiger partial charge in [0.2, 0.25) is 10.0 Å². The average molecular weight is 255 g/mol. The molecule has 1 unspecified atom stereocenters. The third kappa shape index (κ3) is 1.83. The van der Waals surface area contributed by atoms with E-state index < -0.39 is 22.0 Å². The number of hydrogen-bond acceptors (Lipinski definition) is 4. The maximum atomic E-state index is 12.2. The Hall–Kier alpha value is -1.40. The lowest BCUT2D eigenvalue weighted by Gasteiger charge is -2.31. The van der Waals surface area contributed by atoms with Crippen LogP contribution in [0, 0.1) is 0 Å². The number of ether oxygens (including phenoxy) is 1. The number of esters is 1. The van der Waals surface area contributed by atoms with Gasteiger partial charge in [-0.3, -0.25) is 4.79 Å². The topological polar surface area (TPSA) is 63.7 Å². The molecule has 1 aliphatic rings. The third-order valence-electron chi connectivity index (χ3n) is 2.96. The molecule has 0 saturated heterocycles. The highest BCUT2D eigenvalue weighted by molar-refractivity contribution is 7.89. The number of rotatable bonds is 1. The minimum absolute atomic E-state index is 0.266. The molecule has 0 fully saturated rings. The van der Waals surface area contributed by atoms with Gasteiger partial charge in [-0.05, 0) is 11.6 Å². The number of benzene rings is 1. The van der Waals surface area contributed by atoms with Crippen LogP contribution in [-0.4, -0.2) is 38.9 Å². The van der Waals surface area contributed by atoms with Crippen molar-refractivity contribution in [2.24, 2.45) is 0 Å². The first-order valence-corrected chi connectivity index (χ1v) is 6.56. The molecule has 1 aromatic carbocycles. The van der Waals surface area contributed by atoms with Crippen LogP contribution in [0.1, 0.15) is 5.56 Å². The zero-order valence-corrected chi connectivity index (χ0v) is 10.4. The molecule has 92 valence electrons. The van der Waals surface area contributed by atoms with Gasteiger partial charge in [-0.25, -0.2) is 8.42 Å². The second kappa shape index (κ2) is 4.12. The van der Waals surface area contributed by atoms with Gasteiger partial charge in [-0.2, -0.15) is 4.31 Å². The Balaban J connectivity index is 2.54. The Bertz CT molecular complexity index is 552. The SMILES string of the molecule is COC(=O)C1Cc2ccccc2S(=O)(=O)N1C. The van der Waals surface area contributed by atoms with E-state index in [4.69, 9.17) is 0 Å². The minimum atomic E-state index is -3.59. The predicted molar refractivity (Wildman–Crippen MR) is 60.9 cm³/mol. The molecule has 0 aromatic heterocycles. The molecule has 0 amide bonds. The molecule has 0 bridgehead atoms. The van der Waals surface area contributed by atoms with E-state index >= 15 is 0 Å². The Labute approximate surface area is 100 Å². The van der Waals surface area contributed by atoms with Gasteiger partial charge in [0.05, 0.1) is 12.0 Å². The van der Waals surface area contributed by atoms with Gasteiger partial charge in [0.25, 0.3) is 0 Å². The normalized spacial score (nSPS) is 22.8. The molecule has 1 aliphatic heterocycles. The average Bonchev–Trinajstić information content (AvgIpc) is 2.33. The van der Waals surface area contributed by atoms with Gasteiger partial charge >= 0.3 is 5.97 Å². The van der Waals surface area contributed by atoms with Crippen molar-refractivity contribution in [3.05, 3.63) is 29.8 Å². The first-order chi connectivity index (χ1) is 7.98. The summed E-state index contributed by atoms with van der Waals surface area (Å²) in [5.74, 6) is -0.537. The Morgan fingerprint density at radius 1 is 1.41 bits per heavy atom. The van der Waals surface area contributed by atoms with Crippen LogP contribution >= 0.6 is 0 Å². The van der Waals surface area contributed by atoms with Crippen LogP contribution in [0.15, 0.2) is 29.2 Å². The molecule has 0 spiro atoms. The summed E-state index contributed by atoms with van der Waals surface area (Å²) in [5, 5.41) is 0. The molecule has 1 aromatic rings. The molecule has 1 heterocycles. The van der Waals surface area contributed by atoms with Crippen molar-refractivity contribution in [1.82, 2.24) is 4.31 Å². The maximum Gasteiger partial charge on any atom is 0.324 e. The summed E-state index contributed by atoms with van der Waals surface area (Å²) in [6.45, 7) is 0. The number of hydrogen-bond donors (Lipinski definition) is 0. The summed E-state index contributed by atoms with van der Waals surface area (Å²) in [7, 11) is -0.944. The lowest BCUT2D eigenvalue weighted by molar-refractivity contribution is -0.144. The summed E-state index contributed by atoms with van der Waals surface area (Å²) < 4.78 is 30.0.